The second-order valence-electron chi connectivity index (χ2n) is 8.24. The number of hydrogen-bond donors (Lipinski definition) is 2. The summed E-state index contributed by atoms with van der Waals surface area (Å²) in [6.07, 6.45) is 0.564. The summed E-state index contributed by atoms with van der Waals surface area (Å²) in [6.45, 7) is 0.0636. The lowest BCUT2D eigenvalue weighted by Gasteiger charge is -2.32. The Balaban J connectivity index is 1.44. The van der Waals surface area contributed by atoms with Crippen molar-refractivity contribution in [3.8, 4) is 5.75 Å². The van der Waals surface area contributed by atoms with Gasteiger partial charge in [-0.25, -0.2) is 17.9 Å². The average Bonchev–Trinajstić information content (AvgIpc) is 3.25. The molecule has 0 amide bonds. The molecular formula is C25H25N2O8S2-. The highest BCUT2D eigenvalue weighted by atomic mass is 32.2. The van der Waals surface area contributed by atoms with Crippen LogP contribution in [0.3, 0.4) is 0 Å². The first-order valence-electron chi connectivity index (χ1n) is 11.4. The molecule has 2 unspecified atom stereocenters. The van der Waals surface area contributed by atoms with E-state index in [9.17, 15) is 27.1 Å². The summed E-state index contributed by atoms with van der Waals surface area (Å²) in [4.78, 5) is 12.1. The molecule has 0 aliphatic carbocycles. The maximum Gasteiger partial charge on any atom is 0.327 e. The van der Waals surface area contributed by atoms with Crippen molar-refractivity contribution in [2.24, 2.45) is 0 Å². The molecule has 0 aliphatic heterocycles. The van der Waals surface area contributed by atoms with Crippen LogP contribution in [-0.2, 0) is 26.1 Å². The van der Waals surface area contributed by atoms with Gasteiger partial charge in [0.15, 0.2) is 0 Å². The van der Waals surface area contributed by atoms with Crippen LogP contribution in [0.5, 0.6) is 5.75 Å². The van der Waals surface area contributed by atoms with Crippen molar-refractivity contribution in [3.05, 3.63) is 66.7 Å². The van der Waals surface area contributed by atoms with E-state index in [2.05, 4.69) is 4.72 Å². The standard InChI is InChI=1S/C25H26N2O8S2/c1-34-18-10-12-19(13-11-18)37(32,33)26-15-5-4-7-22(25(28)29)27(36(30)31)17-9-14-24-21(16-17)20-6-2-3-8-23(20)35-24/h2-3,6,8-14,16,22,26H,4-5,7,15H2,1H3,(H,28,29)(H,30,31)/p-1. The number of anilines is 1. The summed E-state index contributed by atoms with van der Waals surface area (Å²) in [5, 5.41) is 11.3. The van der Waals surface area contributed by atoms with Gasteiger partial charge in [0, 0.05) is 28.6 Å². The number of carbonyl (C=O) groups is 1. The van der Waals surface area contributed by atoms with Crippen molar-refractivity contribution in [3.63, 3.8) is 0 Å². The van der Waals surface area contributed by atoms with Gasteiger partial charge in [-0.15, -0.1) is 0 Å². The topological polar surface area (TPSA) is 149 Å². The fraction of sp³-hybridized carbons (Fsp3) is 0.240. The molecule has 4 aromatic rings. The third-order valence-electron chi connectivity index (χ3n) is 5.91. The number of unbranched alkanes of at least 4 members (excludes halogenated alkanes) is 1. The minimum atomic E-state index is -3.75. The van der Waals surface area contributed by atoms with E-state index < -0.39 is 33.3 Å². The molecule has 0 spiro atoms. The Morgan fingerprint density at radius 1 is 1.08 bits per heavy atom. The zero-order valence-electron chi connectivity index (χ0n) is 19.8. The van der Waals surface area contributed by atoms with E-state index in [0.29, 0.717) is 28.7 Å². The van der Waals surface area contributed by atoms with Crippen LogP contribution >= 0.6 is 0 Å². The van der Waals surface area contributed by atoms with Gasteiger partial charge in [-0.1, -0.05) is 18.2 Å². The van der Waals surface area contributed by atoms with E-state index in [0.717, 1.165) is 9.69 Å². The van der Waals surface area contributed by atoms with E-state index >= 15 is 0 Å². The van der Waals surface area contributed by atoms with Crippen LogP contribution in [0, 0.1) is 0 Å². The molecule has 0 bridgehead atoms. The Kier molecular flexibility index (Phi) is 8.13. The van der Waals surface area contributed by atoms with Crippen LogP contribution in [0.4, 0.5) is 5.69 Å². The van der Waals surface area contributed by atoms with Gasteiger partial charge in [-0.05, 0) is 67.8 Å². The smallest absolute Gasteiger partial charge is 0.327 e. The van der Waals surface area contributed by atoms with E-state index in [1.165, 1.54) is 37.4 Å². The molecule has 196 valence electrons. The van der Waals surface area contributed by atoms with Crippen LogP contribution in [0.1, 0.15) is 19.3 Å². The SMILES string of the molecule is COc1ccc(S(=O)(=O)NCCCCC(C(=O)O)N(c2ccc3oc4ccccc4c3c2)S(=O)[O-])cc1. The monoisotopic (exact) mass is 545 g/mol. The van der Waals surface area contributed by atoms with Crippen molar-refractivity contribution in [2.45, 2.75) is 30.2 Å². The number of ether oxygens (including phenoxy) is 1. The number of sulfonamides is 1. The molecular weight excluding hydrogens is 520 g/mol. The zero-order chi connectivity index (χ0) is 26.6. The van der Waals surface area contributed by atoms with Gasteiger partial charge < -0.3 is 18.8 Å². The molecule has 0 fully saturated rings. The number of carboxylic acid groups (broad SMARTS) is 1. The van der Waals surface area contributed by atoms with Crippen molar-refractivity contribution in [1.29, 1.82) is 0 Å². The number of furan rings is 1. The summed E-state index contributed by atoms with van der Waals surface area (Å²) in [5.41, 5.74) is 1.38. The Morgan fingerprint density at radius 3 is 2.46 bits per heavy atom. The normalized spacial score (nSPS) is 13.5. The lowest BCUT2D eigenvalue weighted by Crippen LogP contribution is -2.42. The molecule has 0 radical (unpaired) electrons. The van der Waals surface area contributed by atoms with Crippen molar-refractivity contribution < 1.29 is 36.2 Å². The Hall–Kier alpha value is -3.45. The van der Waals surface area contributed by atoms with Gasteiger partial charge in [-0.3, -0.25) is 8.51 Å². The summed E-state index contributed by atoms with van der Waals surface area (Å²) >= 11 is -2.87. The highest BCUT2D eigenvalue weighted by molar-refractivity contribution is 7.89. The summed E-state index contributed by atoms with van der Waals surface area (Å²) < 4.78 is 63.3. The van der Waals surface area contributed by atoms with Gasteiger partial charge >= 0.3 is 5.97 Å². The third kappa shape index (κ3) is 5.93. The number of fused-ring (bicyclic) bond motifs is 3. The van der Waals surface area contributed by atoms with Crippen molar-refractivity contribution in [2.75, 3.05) is 18.0 Å². The first kappa shape index (κ1) is 26.6. The van der Waals surface area contributed by atoms with Crippen molar-refractivity contribution in [1.82, 2.24) is 4.72 Å². The first-order chi connectivity index (χ1) is 17.7. The highest BCUT2D eigenvalue weighted by Crippen LogP contribution is 2.33. The predicted octanol–water partition coefficient (Wildman–Crippen LogP) is 3.80. The lowest BCUT2D eigenvalue weighted by atomic mass is 10.1. The van der Waals surface area contributed by atoms with Crippen LogP contribution in [-0.4, -0.2) is 48.0 Å². The second kappa shape index (κ2) is 11.3. The third-order valence-corrected chi connectivity index (χ3v) is 8.17. The number of aliphatic carboxylic acids is 1. The number of nitrogens with zero attached hydrogens (tertiary/aromatic N) is 1. The molecule has 0 saturated carbocycles. The Bertz CT molecular complexity index is 1530. The molecule has 10 nitrogen and oxygen atoms in total. The molecule has 0 saturated heterocycles. The largest absolute Gasteiger partial charge is 0.755 e. The number of nitrogens with one attached hydrogen (secondary N) is 1. The second-order valence-corrected chi connectivity index (χ2v) is 10.8. The predicted molar refractivity (Wildman–Crippen MR) is 139 cm³/mol. The van der Waals surface area contributed by atoms with Gasteiger partial charge in [-0.2, -0.15) is 0 Å². The number of benzene rings is 3. The number of rotatable bonds is 12. The lowest BCUT2D eigenvalue weighted by molar-refractivity contribution is -0.138. The van der Waals surface area contributed by atoms with Gasteiger partial charge in [0.25, 0.3) is 0 Å². The summed E-state index contributed by atoms with van der Waals surface area (Å²) in [5.74, 6) is -0.778. The molecule has 12 heteroatoms. The van der Waals surface area contributed by atoms with E-state index in [1.54, 1.807) is 18.2 Å². The molecule has 0 aliphatic rings. The van der Waals surface area contributed by atoms with Crippen LogP contribution < -0.4 is 13.8 Å². The van der Waals surface area contributed by atoms with Crippen LogP contribution in [0.2, 0.25) is 0 Å². The summed E-state index contributed by atoms with van der Waals surface area (Å²) in [6, 6.07) is 16.5. The fourth-order valence-corrected chi connectivity index (χ4v) is 5.83. The zero-order valence-corrected chi connectivity index (χ0v) is 21.5. The molecule has 3 aromatic carbocycles. The number of carboxylic acids is 1. The van der Waals surface area contributed by atoms with E-state index in [4.69, 9.17) is 9.15 Å². The number of methoxy groups -OCH3 is 1. The van der Waals surface area contributed by atoms with Gasteiger partial charge in [0.1, 0.15) is 23.0 Å². The molecule has 4 rings (SSSR count). The van der Waals surface area contributed by atoms with E-state index in [-0.39, 0.29) is 30.0 Å². The Morgan fingerprint density at radius 2 is 1.78 bits per heavy atom. The molecule has 2 atom stereocenters. The highest BCUT2D eigenvalue weighted by Gasteiger charge is 2.27. The maximum absolute atomic E-state index is 12.5. The van der Waals surface area contributed by atoms with Gasteiger partial charge in [0.05, 0.1) is 17.7 Å². The van der Waals surface area contributed by atoms with Crippen LogP contribution in [0.25, 0.3) is 21.9 Å². The number of hydrogen-bond acceptors (Lipinski definition) is 7. The first-order valence-corrected chi connectivity index (χ1v) is 13.9. The minimum Gasteiger partial charge on any atom is -0.755 e. The molecule has 1 aromatic heterocycles. The van der Waals surface area contributed by atoms with E-state index in [1.807, 2.05) is 18.2 Å². The number of para-hydroxylation sites is 1. The quantitative estimate of drug-likeness (QED) is 0.202. The Labute approximate surface area is 216 Å². The van der Waals surface area contributed by atoms with Crippen molar-refractivity contribution >= 4 is 54.9 Å². The minimum absolute atomic E-state index is 0.0161. The molecule has 2 N–H and O–H groups in total. The molecule has 37 heavy (non-hydrogen) atoms. The van der Waals surface area contributed by atoms with Gasteiger partial charge in [0.2, 0.25) is 10.0 Å². The summed E-state index contributed by atoms with van der Waals surface area (Å²) in [7, 11) is -2.27. The fourth-order valence-electron chi connectivity index (χ4n) is 4.07. The average molecular weight is 546 g/mol. The maximum atomic E-state index is 12.5. The van der Waals surface area contributed by atoms with Crippen LogP contribution in [0.15, 0.2) is 76.0 Å². The molecule has 1 heterocycles.